The Morgan fingerprint density at radius 1 is 1.00 bits per heavy atom. The average molecular weight is 370 g/mol. The molecule has 2 fully saturated rings. The first-order valence-electron chi connectivity index (χ1n) is 10.2. The number of benzene rings is 1. The van der Waals surface area contributed by atoms with Crippen LogP contribution >= 0.6 is 0 Å². The third-order valence-corrected chi connectivity index (χ3v) is 5.67. The number of rotatable bonds is 7. The van der Waals surface area contributed by atoms with Gasteiger partial charge in [-0.3, -0.25) is 4.90 Å². The van der Waals surface area contributed by atoms with E-state index < -0.39 is 0 Å². The first-order valence-corrected chi connectivity index (χ1v) is 10.2. The van der Waals surface area contributed by atoms with Gasteiger partial charge in [0.25, 0.3) is 0 Å². The second-order valence-corrected chi connectivity index (χ2v) is 7.57. The summed E-state index contributed by atoms with van der Waals surface area (Å²) in [5, 5.41) is 3.71. The molecule has 5 heteroatoms. The van der Waals surface area contributed by atoms with Gasteiger partial charge in [-0.2, -0.15) is 0 Å². The zero-order valence-electron chi connectivity index (χ0n) is 16.3. The molecule has 5 nitrogen and oxygen atoms in total. The van der Waals surface area contributed by atoms with E-state index in [1.807, 2.05) is 6.92 Å². The number of furan rings is 1. The molecule has 1 aromatic heterocycles. The highest BCUT2D eigenvalue weighted by Gasteiger charge is 2.25. The van der Waals surface area contributed by atoms with Crippen LogP contribution < -0.4 is 10.2 Å². The van der Waals surface area contributed by atoms with E-state index in [0.29, 0.717) is 6.04 Å². The molecular weight excluding hydrogens is 338 g/mol. The maximum absolute atomic E-state index is 5.98. The van der Waals surface area contributed by atoms with Crippen LogP contribution in [0.2, 0.25) is 0 Å². The number of hydrogen-bond acceptors (Lipinski definition) is 5. The molecule has 0 bridgehead atoms. The quantitative estimate of drug-likeness (QED) is 0.811. The summed E-state index contributed by atoms with van der Waals surface area (Å²) in [6.07, 6.45) is 2.58. The van der Waals surface area contributed by atoms with Crippen molar-refractivity contribution in [2.75, 3.05) is 50.8 Å². The Hall–Kier alpha value is -1.82. The maximum Gasteiger partial charge on any atom is 0.122 e. The summed E-state index contributed by atoms with van der Waals surface area (Å²) in [7, 11) is 0. The highest BCUT2D eigenvalue weighted by molar-refractivity contribution is 5.53. The van der Waals surface area contributed by atoms with Crippen molar-refractivity contribution in [3.05, 3.63) is 53.5 Å². The normalized spacial score (nSPS) is 19.5. The van der Waals surface area contributed by atoms with Crippen LogP contribution in [0, 0.1) is 6.92 Å². The molecule has 4 rings (SSSR count). The van der Waals surface area contributed by atoms with Crippen LogP contribution in [0.1, 0.15) is 36.0 Å². The Balaban J connectivity index is 1.41. The van der Waals surface area contributed by atoms with E-state index in [9.17, 15) is 0 Å². The van der Waals surface area contributed by atoms with E-state index in [1.165, 1.54) is 24.1 Å². The van der Waals surface area contributed by atoms with Gasteiger partial charge in [0, 0.05) is 31.9 Å². The molecule has 0 saturated carbocycles. The van der Waals surface area contributed by atoms with Crippen molar-refractivity contribution < 1.29 is 9.15 Å². The average Bonchev–Trinajstić information content (AvgIpc) is 3.38. The molecule has 1 atom stereocenters. The smallest absolute Gasteiger partial charge is 0.122 e. The number of ether oxygens (including phenoxy) is 1. The lowest BCUT2D eigenvalue weighted by molar-refractivity contribution is 0.122. The van der Waals surface area contributed by atoms with Crippen LogP contribution in [-0.2, 0) is 11.3 Å². The topological polar surface area (TPSA) is 40.9 Å². The van der Waals surface area contributed by atoms with Crippen LogP contribution in [-0.4, -0.2) is 50.8 Å². The zero-order valence-corrected chi connectivity index (χ0v) is 16.3. The van der Waals surface area contributed by atoms with E-state index in [4.69, 9.17) is 9.15 Å². The van der Waals surface area contributed by atoms with E-state index >= 15 is 0 Å². The molecule has 0 aliphatic carbocycles. The summed E-state index contributed by atoms with van der Waals surface area (Å²) in [5.41, 5.74) is 2.69. The second kappa shape index (κ2) is 8.91. The van der Waals surface area contributed by atoms with Crippen molar-refractivity contribution in [1.82, 2.24) is 10.2 Å². The van der Waals surface area contributed by atoms with E-state index in [0.717, 1.165) is 64.0 Å². The van der Waals surface area contributed by atoms with Gasteiger partial charge in [0.05, 0.1) is 19.3 Å². The first-order chi connectivity index (χ1) is 13.3. The molecule has 1 aromatic carbocycles. The maximum atomic E-state index is 5.98. The van der Waals surface area contributed by atoms with Gasteiger partial charge in [0.2, 0.25) is 0 Å². The van der Waals surface area contributed by atoms with Crippen LogP contribution in [0.5, 0.6) is 0 Å². The monoisotopic (exact) mass is 369 g/mol. The van der Waals surface area contributed by atoms with Crippen LogP contribution in [0.25, 0.3) is 0 Å². The minimum atomic E-state index is 0.316. The number of hydrogen-bond donors (Lipinski definition) is 1. The van der Waals surface area contributed by atoms with Crippen LogP contribution in [0.4, 0.5) is 5.69 Å². The molecule has 0 amide bonds. The summed E-state index contributed by atoms with van der Waals surface area (Å²) < 4.78 is 11.5. The molecule has 2 aliphatic rings. The minimum Gasteiger partial charge on any atom is -0.465 e. The lowest BCUT2D eigenvalue weighted by Gasteiger charge is -2.31. The van der Waals surface area contributed by atoms with Crippen molar-refractivity contribution >= 4 is 5.69 Å². The Labute approximate surface area is 162 Å². The zero-order chi connectivity index (χ0) is 18.5. The summed E-state index contributed by atoms with van der Waals surface area (Å²) in [6, 6.07) is 13.3. The number of aryl methyl sites for hydroxylation is 1. The number of morpholine rings is 1. The standard InChI is InChI=1S/C22H31N3O2/c1-18-8-9-22(27-18)21(24-10-4-5-11-24)17-23-16-19-6-2-3-7-20(19)25-12-14-26-15-13-25/h2-3,6-9,21,23H,4-5,10-17H2,1H3. The second-order valence-electron chi connectivity index (χ2n) is 7.57. The van der Waals surface area contributed by atoms with Gasteiger partial charge in [-0.1, -0.05) is 18.2 Å². The number of nitrogens with one attached hydrogen (secondary N) is 1. The van der Waals surface area contributed by atoms with Gasteiger partial charge in [0.1, 0.15) is 11.5 Å². The molecular formula is C22H31N3O2. The summed E-state index contributed by atoms with van der Waals surface area (Å²) in [4.78, 5) is 4.99. The van der Waals surface area contributed by atoms with Crippen molar-refractivity contribution in [3.8, 4) is 0 Å². The number of likely N-dealkylation sites (tertiary alicyclic amines) is 1. The Morgan fingerprint density at radius 2 is 1.78 bits per heavy atom. The molecule has 27 heavy (non-hydrogen) atoms. The van der Waals surface area contributed by atoms with Gasteiger partial charge < -0.3 is 19.4 Å². The number of nitrogens with zero attached hydrogens (tertiary/aromatic N) is 2. The fourth-order valence-electron chi connectivity index (χ4n) is 4.21. The van der Waals surface area contributed by atoms with Crippen molar-refractivity contribution in [2.24, 2.45) is 0 Å². The van der Waals surface area contributed by atoms with E-state index in [1.54, 1.807) is 0 Å². The molecule has 3 heterocycles. The lowest BCUT2D eigenvalue weighted by atomic mass is 10.1. The Kier molecular flexibility index (Phi) is 6.12. The highest BCUT2D eigenvalue weighted by atomic mass is 16.5. The van der Waals surface area contributed by atoms with Gasteiger partial charge in [-0.15, -0.1) is 0 Å². The lowest BCUT2D eigenvalue weighted by Crippen LogP contribution is -2.37. The fourth-order valence-corrected chi connectivity index (χ4v) is 4.21. The largest absolute Gasteiger partial charge is 0.465 e. The molecule has 146 valence electrons. The number of para-hydroxylation sites is 1. The van der Waals surface area contributed by atoms with Gasteiger partial charge in [-0.05, 0) is 56.6 Å². The predicted molar refractivity (Wildman–Crippen MR) is 108 cm³/mol. The molecule has 2 aliphatic heterocycles. The van der Waals surface area contributed by atoms with Crippen LogP contribution in [0.15, 0.2) is 40.8 Å². The summed E-state index contributed by atoms with van der Waals surface area (Å²) in [6.45, 7) is 9.71. The first kappa shape index (κ1) is 18.5. The highest BCUT2D eigenvalue weighted by Crippen LogP contribution is 2.27. The molecule has 2 saturated heterocycles. The van der Waals surface area contributed by atoms with Gasteiger partial charge >= 0.3 is 0 Å². The molecule has 2 aromatic rings. The predicted octanol–water partition coefficient (Wildman–Crippen LogP) is 3.35. The van der Waals surface area contributed by atoms with E-state index in [2.05, 4.69) is 51.5 Å². The Bertz CT molecular complexity index is 718. The number of anilines is 1. The van der Waals surface area contributed by atoms with Crippen molar-refractivity contribution in [3.63, 3.8) is 0 Å². The summed E-state index contributed by atoms with van der Waals surface area (Å²) >= 11 is 0. The fraction of sp³-hybridized carbons (Fsp3) is 0.545. The Morgan fingerprint density at radius 3 is 2.52 bits per heavy atom. The van der Waals surface area contributed by atoms with Crippen LogP contribution in [0.3, 0.4) is 0 Å². The summed E-state index contributed by atoms with van der Waals surface area (Å²) in [5.74, 6) is 2.08. The van der Waals surface area contributed by atoms with E-state index in [-0.39, 0.29) is 0 Å². The minimum absolute atomic E-state index is 0.316. The molecule has 0 spiro atoms. The van der Waals surface area contributed by atoms with Gasteiger partial charge in [-0.25, -0.2) is 0 Å². The molecule has 0 radical (unpaired) electrons. The molecule has 1 N–H and O–H groups in total. The third-order valence-electron chi connectivity index (χ3n) is 5.67. The van der Waals surface area contributed by atoms with Crippen molar-refractivity contribution in [1.29, 1.82) is 0 Å². The third kappa shape index (κ3) is 4.54. The van der Waals surface area contributed by atoms with Crippen molar-refractivity contribution in [2.45, 2.75) is 32.4 Å². The SMILES string of the molecule is Cc1ccc(C(CNCc2ccccc2N2CCOCC2)N2CCCC2)o1. The van der Waals surface area contributed by atoms with Gasteiger partial charge in [0.15, 0.2) is 0 Å². The molecule has 1 unspecified atom stereocenters.